The van der Waals surface area contributed by atoms with Gasteiger partial charge in [-0.1, -0.05) is 12.1 Å². The lowest BCUT2D eigenvalue weighted by Crippen LogP contribution is -2.36. The summed E-state index contributed by atoms with van der Waals surface area (Å²) in [5.41, 5.74) is 0.949. The van der Waals surface area contributed by atoms with Crippen LogP contribution in [0, 0.1) is 0 Å². The van der Waals surface area contributed by atoms with Gasteiger partial charge in [-0.3, -0.25) is 0 Å². The first-order valence-electron chi connectivity index (χ1n) is 5.94. The highest BCUT2D eigenvalue weighted by molar-refractivity contribution is 6.17. The van der Waals surface area contributed by atoms with E-state index in [-0.39, 0.29) is 11.4 Å². The molecule has 0 amide bonds. The monoisotopic (exact) mass is 330 g/mol. The molecule has 0 bridgehead atoms. The molecule has 0 aliphatic heterocycles. The van der Waals surface area contributed by atoms with E-state index in [1.165, 1.54) is 12.1 Å². The van der Waals surface area contributed by atoms with Crippen molar-refractivity contribution in [3.8, 4) is 0 Å². The quantitative estimate of drug-likeness (QED) is 0.331. The molecular weight excluding hydrogens is 319 g/mol. The maximum atomic E-state index is 12.6. The van der Waals surface area contributed by atoms with Gasteiger partial charge in [0.05, 0.1) is 12.2 Å². The van der Waals surface area contributed by atoms with Crippen LogP contribution in [0.2, 0.25) is 0 Å². The minimum atomic E-state index is -5.59. The molecule has 118 valence electrons. The molecule has 0 aromatic heterocycles. The summed E-state index contributed by atoms with van der Waals surface area (Å²) < 4.78 is 65.5. The van der Waals surface area contributed by atoms with Gasteiger partial charge in [0.1, 0.15) is 0 Å². The fourth-order valence-electron chi connectivity index (χ4n) is 1.41. The highest BCUT2D eigenvalue weighted by atomic mass is 35.5. The molecule has 0 fully saturated rings. The van der Waals surface area contributed by atoms with Crippen molar-refractivity contribution in [3.63, 3.8) is 0 Å². The zero-order valence-corrected chi connectivity index (χ0v) is 11.5. The molecule has 0 N–H and O–H groups in total. The minimum Gasteiger partial charge on any atom is -0.462 e. The van der Waals surface area contributed by atoms with Crippen LogP contribution in [0.3, 0.4) is 0 Å². The van der Waals surface area contributed by atoms with Gasteiger partial charge in [0.15, 0.2) is 0 Å². The van der Waals surface area contributed by atoms with E-state index >= 15 is 0 Å². The SMILES string of the molecule is O=C(OCCCC(F)(F)C(F)(F)F)c1ccc(CCl)cc1. The molecule has 1 rings (SSSR count). The molecule has 0 saturated heterocycles. The Balaban J connectivity index is 2.40. The Morgan fingerprint density at radius 1 is 1.10 bits per heavy atom. The summed E-state index contributed by atoms with van der Waals surface area (Å²) in [6.45, 7) is -0.512. The molecule has 0 atom stereocenters. The molecule has 0 saturated carbocycles. The van der Waals surface area contributed by atoms with Crippen molar-refractivity contribution in [2.75, 3.05) is 6.61 Å². The third-order valence-electron chi connectivity index (χ3n) is 2.63. The van der Waals surface area contributed by atoms with Crippen molar-refractivity contribution >= 4 is 17.6 Å². The lowest BCUT2D eigenvalue weighted by atomic mass is 10.1. The average molecular weight is 331 g/mol. The molecule has 0 heterocycles. The van der Waals surface area contributed by atoms with Crippen LogP contribution in [0.5, 0.6) is 0 Å². The fraction of sp³-hybridized carbons (Fsp3) is 0.462. The average Bonchev–Trinajstić information content (AvgIpc) is 2.42. The van der Waals surface area contributed by atoms with Crippen molar-refractivity contribution in [2.24, 2.45) is 0 Å². The number of esters is 1. The summed E-state index contributed by atoms with van der Waals surface area (Å²) in [6.07, 6.45) is -7.60. The number of carbonyl (C=O) groups is 1. The van der Waals surface area contributed by atoms with Crippen LogP contribution in [0.15, 0.2) is 24.3 Å². The van der Waals surface area contributed by atoms with E-state index in [2.05, 4.69) is 4.74 Å². The maximum Gasteiger partial charge on any atom is 0.453 e. The molecule has 0 unspecified atom stereocenters. The molecule has 0 spiro atoms. The van der Waals surface area contributed by atoms with Gasteiger partial charge in [-0.25, -0.2) is 4.79 Å². The minimum absolute atomic E-state index is 0.173. The van der Waals surface area contributed by atoms with Crippen molar-refractivity contribution in [1.29, 1.82) is 0 Å². The summed E-state index contributed by atoms with van der Waals surface area (Å²) in [5, 5.41) is 0. The summed E-state index contributed by atoms with van der Waals surface area (Å²) >= 11 is 5.56. The van der Waals surface area contributed by atoms with Crippen LogP contribution in [-0.4, -0.2) is 24.7 Å². The molecule has 1 aromatic rings. The zero-order chi connectivity index (χ0) is 16.1. The van der Waals surface area contributed by atoms with Gasteiger partial charge >= 0.3 is 18.1 Å². The summed E-state index contributed by atoms with van der Waals surface area (Å²) in [7, 11) is 0. The third-order valence-corrected chi connectivity index (χ3v) is 2.94. The first-order chi connectivity index (χ1) is 9.67. The Bertz CT molecular complexity index is 470. The topological polar surface area (TPSA) is 26.3 Å². The number of benzene rings is 1. The molecule has 0 aliphatic rings. The number of alkyl halides is 6. The summed E-state index contributed by atoms with van der Waals surface area (Å²) in [4.78, 5) is 11.5. The van der Waals surface area contributed by atoms with Gasteiger partial charge in [0.2, 0.25) is 0 Å². The van der Waals surface area contributed by atoms with Gasteiger partial charge < -0.3 is 4.74 Å². The van der Waals surface area contributed by atoms with E-state index in [0.29, 0.717) is 0 Å². The van der Waals surface area contributed by atoms with Crippen LogP contribution < -0.4 is 0 Å². The molecular formula is C13H12ClF5O2. The van der Waals surface area contributed by atoms with Gasteiger partial charge in [-0.15, -0.1) is 11.6 Å². The lowest BCUT2D eigenvalue weighted by molar-refractivity contribution is -0.284. The predicted molar refractivity (Wildman–Crippen MR) is 66.5 cm³/mol. The molecule has 0 aliphatic carbocycles. The van der Waals surface area contributed by atoms with E-state index in [1.807, 2.05) is 0 Å². The van der Waals surface area contributed by atoms with Gasteiger partial charge in [-0.05, 0) is 24.1 Å². The number of hydrogen-bond acceptors (Lipinski definition) is 2. The Labute approximate surface area is 122 Å². The van der Waals surface area contributed by atoms with E-state index in [4.69, 9.17) is 11.6 Å². The van der Waals surface area contributed by atoms with Gasteiger partial charge in [0.25, 0.3) is 0 Å². The first-order valence-corrected chi connectivity index (χ1v) is 6.47. The Hall–Kier alpha value is -1.37. The van der Waals surface area contributed by atoms with E-state index in [1.54, 1.807) is 12.1 Å². The highest BCUT2D eigenvalue weighted by Gasteiger charge is 2.56. The van der Waals surface area contributed by atoms with Crippen LogP contribution >= 0.6 is 11.6 Å². The van der Waals surface area contributed by atoms with Crippen LogP contribution in [0.25, 0.3) is 0 Å². The zero-order valence-electron chi connectivity index (χ0n) is 10.7. The molecule has 1 aromatic carbocycles. The lowest BCUT2D eigenvalue weighted by Gasteiger charge is -2.19. The fourth-order valence-corrected chi connectivity index (χ4v) is 1.59. The Kier molecular flexibility index (Phi) is 5.95. The second-order valence-corrected chi connectivity index (χ2v) is 4.54. The number of rotatable bonds is 6. The summed E-state index contributed by atoms with van der Waals surface area (Å²) in [6, 6.07) is 6.04. The Morgan fingerprint density at radius 2 is 1.67 bits per heavy atom. The van der Waals surface area contributed by atoms with Gasteiger partial charge in [-0.2, -0.15) is 22.0 Å². The van der Waals surface area contributed by atoms with Crippen molar-refractivity contribution < 1.29 is 31.5 Å². The second kappa shape index (κ2) is 7.06. The Morgan fingerprint density at radius 3 is 2.14 bits per heavy atom. The smallest absolute Gasteiger partial charge is 0.453 e. The molecule has 2 nitrogen and oxygen atoms in total. The largest absolute Gasteiger partial charge is 0.462 e. The van der Waals surface area contributed by atoms with E-state index < -0.39 is 37.5 Å². The highest BCUT2D eigenvalue weighted by Crippen LogP contribution is 2.38. The number of ether oxygens (including phenoxy) is 1. The molecule has 8 heteroatoms. The van der Waals surface area contributed by atoms with Crippen molar-refractivity contribution in [1.82, 2.24) is 0 Å². The van der Waals surface area contributed by atoms with E-state index in [9.17, 15) is 26.7 Å². The van der Waals surface area contributed by atoms with Crippen LogP contribution in [0.4, 0.5) is 22.0 Å². The third kappa shape index (κ3) is 5.15. The summed E-state index contributed by atoms with van der Waals surface area (Å²) in [5.74, 6) is -5.30. The first kappa shape index (κ1) is 17.7. The van der Waals surface area contributed by atoms with E-state index in [0.717, 1.165) is 5.56 Å². The second-order valence-electron chi connectivity index (χ2n) is 4.27. The standard InChI is InChI=1S/C13H12ClF5O2/c14-8-9-2-4-10(5-3-9)11(20)21-7-1-6-12(15,16)13(17,18)19/h2-5H,1,6-8H2. The number of hydrogen-bond donors (Lipinski definition) is 0. The van der Waals surface area contributed by atoms with Crippen LogP contribution in [0.1, 0.15) is 28.8 Å². The van der Waals surface area contributed by atoms with Gasteiger partial charge in [0, 0.05) is 12.3 Å². The normalized spacial score (nSPS) is 12.3. The number of halogens is 6. The predicted octanol–water partition coefficient (Wildman–Crippen LogP) is 4.56. The molecule has 21 heavy (non-hydrogen) atoms. The number of carbonyl (C=O) groups excluding carboxylic acids is 1. The van der Waals surface area contributed by atoms with Crippen molar-refractivity contribution in [3.05, 3.63) is 35.4 Å². The van der Waals surface area contributed by atoms with Crippen molar-refractivity contribution in [2.45, 2.75) is 30.8 Å². The molecule has 0 radical (unpaired) electrons. The maximum absolute atomic E-state index is 12.6. The van der Waals surface area contributed by atoms with Crippen LogP contribution in [-0.2, 0) is 10.6 Å².